The second-order valence-electron chi connectivity index (χ2n) is 9.83. The van der Waals surface area contributed by atoms with E-state index in [0.29, 0.717) is 27.4 Å². The number of nitrogens with one attached hydrogen (secondary N) is 2. The summed E-state index contributed by atoms with van der Waals surface area (Å²) in [5.41, 5.74) is 5.86. The lowest BCUT2D eigenvalue weighted by atomic mass is 9.98. The number of benzene rings is 1. The molecule has 3 amide bonds. The van der Waals surface area contributed by atoms with Gasteiger partial charge in [-0.25, -0.2) is 24.5 Å². The van der Waals surface area contributed by atoms with Crippen LogP contribution in [0.25, 0.3) is 11.2 Å². The Kier molecular flexibility index (Phi) is 7.39. The van der Waals surface area contributed by atoms with E-state index in [1.165, 1.54) is 12.7 Å². The van der Waals surface area contributed by atoms with Crippen LogP contribution in [0.15, 0.2) is 29.3 Å². The van der Waals surface area contributed by atoms with Crippen LogP contribution < -0.4 is 21.3 Å². The van der Waals surface area contributed by atoms with Gasteiger partial charge in [0.25, 0.3) is 0 Å². The SMILES string of the molecule is CC(C)(C)OC(=O)NC1(C(N)=O)CCN(c2cc(Cl)cc(Br)c2Cn2cnc3c(NC(=O)O)ncnc32)C1. The summed E-state index contributed by atoms with van der Waals surface area (Å²) in [5.74, 6) is -0.611. The molecule has 38 heavy (non-hydrogen) atoms. The maximum absolute atomic E-state index is 12.5. The van der Waals surface area contributed by atoms with Gasteiger partial charge in [0.15, 0.2) is 17.0 Å². The summed E-state index contributed by atoms with van der Waals surface area (Å²) in [4.78, 5) is 50.6. The fraction of sp³-hybridized carbons (Fsp3) is 0.391. The lowest BCUT2D eigenvalue weighted by Crippen LogP contribution is -2.59. The largest absolute Gasteiger partial charge is 0.465 e. The Morgan fingerprint density at radius 2 is 2.00 bits per heavy atom. The zero-order valence-electron chi connectivity index (χ0n) is 20.8. The Balaban J connectivity index is 1.67. The first-order valence-corrected chi connectivity index (χ1v) is 12.6. The van der Waals surface area contributed by atoms with Crippen LogP contribution in [0.1, 0.15) is 32.8 Å². The number of ether oxygens (including phenoxy) is 1. The smallest absolute Gasteiger partial charge is 0.410 e. The summed E-state index contributed by atoms with van der Waals surface area (Å²) in [6.07, 6.45) is 1.03. The van der Waals surface area contributed by atoms with Gasteiger partial charge in [0.1, 0.15) is 17.5 Å². The second-order valence-corrected chi connectivity index (χ2v) is 11.1. The summed E-state index contributed by atoms with van der Waals surface area (Å²) in [5, 5.41) is 14.4. The summed E-state index contributed by atoms with van der Waals surface area (Å²) in [7, 11) is 0. The Labute approximate surface area is 230 Å². The molecule has 1 saturated heterocycles. The summed E-state index contributed by atoms with van der Waals surface area (Å²) in [6.45, 7) is 5.95. The fourth-order valence-electron chi connectivity index (χ4n) is 4.27. The van der Waals surface area contributed by atoms with Crippen molar-refractivity contribution in [2.45, 2.75) is 44.9 Å². The van der Waals surface area contributed by atoms with Crippen LogP contribution >= 0.6 is 27.5 Å². The van der Waals surface area contributed by atoms with E-state index < -0.39 is 29.2 Å². The van der Waals surface area contributed by atoms with E-state index in [1.807, 2.05) is 4.90 Å². The van der Waals surface area contributed by atoms with Crippen molar-refractivity contribution in [1.29, 1.82) is 0 Å². The minimum atomic E-state index is -1.35. The predicted molar refractivity (Wildman–Crippen MR) is 143 cm³/mol. The molecule has 1 fully saturated rings. The lowest BCUT2D eigenvalue weighted by molar-refractivity contribution is -0.123. The molecule has 0 aliphatic carbocycles. The number of rotatable bonds is 6. The quantitative estimate of drug-likeness (QED) is 0.326. The van der Waals surface area contributed by atoms with Crippen molar-refractivity contribution in [1.82, 2.24) is 24.8 Å². The van der Waals surface area contributed by atoms with Gasteiger partial charge in [0, 0.05) is 27.3 Å². The Morgan fingerprint density at radius 1 is 1.26 bits per heavy atom. The van der Waals surface area contributed by atoms with Crippen LogP contribution in [0.3, 0.4) is 0 Å². The topological polar surface area (TPSA) is 178 Å². The van der Waals surface area contributed by atoms with Gasteiger partial charge in [-0.2, -0.15) is 0 Å². The molecule has 13 nitrogen and oxygen atoms in total. The maximum Gasteiger partial charge on any atom is 0.410 e. The molecule has 15 heteroatoms. The van der Waals surface area contributed by atoms with Crippen LogP contribution in [0.4, 0.5) is 21.1 Å². The number of hydrogen-bond acceptors (Lipinski definition) is 8. The second kappa shape index (κ2) is 10.3. The highest BCUT2D eigenvalue weighted by molar-refractivity contribution is 9.10. The summed E-state index contributed by atoms with van der Waals surface area (Å²) < 4.78 is 7.78. The molecule has 4 rings (SSSR count). The highest BCUT2D eigenvalue weighted by Crippen LogP contribution is 2.37. The van der Waals surface area contributed by atoms with E-state index in [0.717, 1.165) is 5.56 Å². The number of halogens is 2. The molecule has 0 radical (unpaired) electrons. The first-order valence-electron chi connectivity index (χ1n) is 11.5. The molecule has 0 spiro atoms. The number of carbonyl (C=O) groups excluding carboxylic acids is 2. The standard InChI is InChI=1S/C23H26BrClN8O5/c1-22(2,3)38-21(37)31-23(19(26)34)4-5-32(9-23)15-7-12(25)6-14(24)13(15)8-33-11-29-16-17(30-20(35)36)27-10-28-18(16)33/h6-7,10-11H,4-5,8-9H2,1-3H3,(H2,26,34)(H,31,37)(H,35,36)(H,27,28,30). The number of imidazole rings is 1. The number of primary amides is 1. The Morgan fingerprint density at radius 3 is 2.66 bits per heavy atom. The molecule has 1 unspecified atom stereocenters. The number of hydrogen-bond donors (Lipinski definition) is 4. The minimum absolute atomic E-state index is 0.0654. The van der Waals surface area contributed by atoms with Crippen molar-refractivity contribution < 1.29 is 24.2 Å². The molecule has 1 aliphatic heterocycles. The van der Waals surface area contributed by atoms with Crippen LogP contribution in [0.5, 0.6) is 0 Å². The predicted octanol–water partition coefficient (Wildman–Crippen LogP) is 3.34. The van der Waals surface area contributed by atoms with E-state index in [9.17, 15) is 14.4 Å². The molecule has 2 aromatic heterocycles. The molecule has 3 aromatic rings. The number of nitrogens with zero attached hydrogens (tertiary/aromatic N) is 5. The molecule has 1 aliphatic rings. The molecule has 0 bridgehead atoms. The Bertz CT molecular complexity index is 1420. The average Bonchev–Trinajstić information content (AvgIpc) is 3.40. The van der Waals surface area contributed by atoms with E-state index in [-0.39, 0.29) is 30.8 Å². The molecule has 1 atom stereocenters. The van der Waals surface area contributed by atoms with Crippen molar-refractivity contribution in [3.63, 3.8) is 0 Å². The number of carboxylic acid groups (broad SMARTS) is 1. The van der Waals surface area contributed by atoms with Gasteiger partial charge < -0.3 is 30.4 Å². The van der Waals surface area contributed by atoms with Crippen LogP contribution in [-0.2, 0) is 16.1 Å². The lowest BCUT2D eigenvalue weighted by Gasteiger charge is -2.30. The molecule has 0 saturated carbocycles. The monoisotopic (exact) mass is 608 g/mol. The highest BCUT2D eigenvalue weighted by atomic mass is 79.9. The molecule has 3 heterocycles. The fourth-order valence-corrected chi connectivity index (χ4v) is 5.19. The van der Waals surface area contributed by atoms with E-state index in [2.05, 4.69) is 41.5 Å². The van der Waals surface area contributed by atoms with E-state index in [4.69, 9.17) is 27.2 Å². The number of fused-ring (bicyclic) bond motifs is 1. The van der Waals surface area contributed by atoms with Gasteiger partial charge in [-0.15, -0.1) is 0 Å². The van der Waals surface area contributed by atoms with Crippen LogP contribution in [0.2, 0.25) is 5.02 Å². The zero-order chi connectivity index (χ0) is 27.8. The van der Waals surface area contributed by atoms with Crippen molar-refractivity contribution in [3.05, 3.63) is 39.8 Å². The van der Waals surface area contributed by atoms with E-state index >= 15 is 0 Å². The van der Waals surface area contributed by atoms with Crippen molar-refractivity contribution >= 4 is 68.3 Å². The third-order valence-corrected chi connectivity index (χ3v) is 6.84. The number of nitrogens with two attached hydrogens (primary N) is 1. The summed E-state index contributed by atoms with van der Waals surface area (Å²) in [6, 6.07) is 3.50. The highest BCUT2D eigenvalue weighted by Gasteiger charge is 2.46. The van der Waals surface area contributed by atoms with Crippen molar-refractivity contribution in [2.75, 3.05) is 23.3 Å². The number of amides is 3. The molecule has 1 aromatic carbocycles. The van der Waals surface area contributed by atoms with E-state index in [1.54, 1.807) is 37.5 Å². The maximum atomic E-state index is 12.5. The number of carbonyl (C=O) groups is 3. The average molecular weight is 610 g/mol. The Hall–Kier alpha value is -3.65. The molecule has 5 N–H and O–H groups in total. The number of alkyl carbamates (subject to hydrolysis) is 1. The minimum Gasteiger partial charge on any atom is -0.465 e. The number of anilines is 2. The van der Waals surface area contributed by atoms with Gasteiger partial charge in [-0.3, -0.25) is 10.1 Å². The van der Waals surface area contributed by atoms with Gasteiger partial charge in [0.05, 0.1) is 19.4 Å². The molecular weight excluding hydrogens is 584 g/mol. The third kappa shape index (κ3) is 5.75. The van der Waals surface area contributed by atoms with Gasteiger partial charge in [0.2, 0.25) is 5.91 Å². The third-order valence-electron chi connectivity index (χ3n) is 5.91. The van der Waals surface area contributed by atoms with Crippen LogP contribution in [0, 0.1) is 0 Å². The van der Waals surface area contributed by atoms with Crippen molar-refractivity contribution in [3.8, 4) is 0 Å². The number of aromatic nitrogens is 4. The first-order chi connectivity index (χ1) is 17.8. The first kappa shape index (κ1) is 27.4. The summed E-state index contributed by atoms with van der Waals surface area (Å²) >= 11 is 9.98. The molecular formula is C23H26BrClN8O5. The van der Waals surface area contributed by atoms with Gasteiger partial charge in [-0.1, -0.05) is 27.5 Å². The zero-order valence-corrected chi connectivity index (χ0v) is 23.1. The van der Waals surface area contributed by atoms with Gasteiger partial charge in [-0.05, 0) is 39.3 Å². The van der Waals surface area contributed by atoms with Gasteiger partial charge >= 0.3 is 12.2 Å². The van der Waals surface area contributed by atoms with Crippen molar-refractivity contribution in [2.24, 2.45) is 5.73 Å². The van der Waals surface area contributed by atoms with Crippen LogP contribution in [-0.4, -0.2) is 66.9 Å². The normalized spacial score (nSPS) is 17.4. The molecule has 202 valence electrons.